The highest BCUT2D eigenvalue weighted by atomic mass is 16.6. The molecular formula is C8H9N3O2. The fourth-order valence-corrected chi connectivity index (χ4v) is 0.512. The molecule has 5 nitrogen and oxygen atoms in total. The number of hydrogen-bond donors (Lipinski definition) is 0. The number of carbonyl (C=O) groups excluding carboxylic acids is 1. The monoisotopic (exact) mass is 179 g/mol. The van der Waals surface area contributed by atoms with Gasteiger partial charge in [-0.3, -0.25) is 9.78 Å². The lowest BCUT2D eigenvalue weighted by atomic mass is 10.3. The van der Waals surface area contributed by atoms with Crippen molar-refractivity contribution in [2.45, 2.75) is 13.8 Å². The zero-order valence-corrected chi connectivity index (χ0v) is 7.39. The van der Waals surface area contributed by atoms with Gasteiger partial charge in [0.1, 0.15) is 5.71 Å². The van der Waals surface area contributed by atoms with Gasteiger partial charge in [-0.15, -0.1) is 0 Å². The third-order valence-electron chi connectivity index (χ3n) is 1.33. The Hall–Kier alpha value is -1.78. The molecule has 1 aromatic rings. The summed E-state index contributed by atoms with van der Waals surface area (Å²) >= 11 is 0. The Morgan fingerprint density at radius 3 is 2.77 bits per heavy atom. The summed E-state index contributed by atoms with van der Waals surface area (Å²) in [5.41, 5.74) is 0.297. The van der Waals surface area contributed by atoms with E-state index in [4.69, 9.17) is 4.84 Å². The summed E-state index contributed by atoms with van der Waals surface area (Å²) in [7, 11) is 0. The van der Waals surface area contributed by atoms with Crippen LogP contribution in [0.1, 0.15) is 13.8 Å². The first-order chi connectivity index (χ1) is 6.20. The Balaban J connectivity index is 2.62. The summed E-state index contributed by atoms with van der Waals surface area (Å²) in [6, 6.07) is 0. The molecule has 0 radical (unpaired) electrons. The quantitative estimate of drug-likeness (QED) is 0.509. The molecule has 0 N–H and O–H groups in total. The van der Waals surface area contributed by atoms with Crippen molar-refractivity contribution in [3.63, 3.8) is 0 Å². The highest BCUT2D eigenvalue weighted by Gasteiger charge is 1.98. The molecule has 0 aliphatic carbocycles. The first-order valence-electron chi connectivity index (χ1n) is 3.68. The molecule has 0 saturated heterocycles. The molecule has 0 spiro atoms. The number of hydrogen-bond acceptors (Lipinski definition) is 5. The van der Waals surface area contributed by atoms with Crippen LogP contribution in [0.4, 0.5) is 0 Å². The molecule has 0 atom stereocenters. The van der Waals surface area contributed by atoms with E-state index in [-0.39, 0.29) is 11.7 Å². The summed E-state index contributed by atoms with van der Waals surface area (Å²) in [6.45, 7) is 2.98. The lowest BCUT2D eigenvalue weighted by molar-refractivity contribution is -0.111. The van der Waals surface area contributed by atoms with Gasteiger partial charge in [-0.2, -0.15) is 0 Å². The number of oxime groups is 1. The molecular weight excluding hydrogens is 170 g/mol. The zero-order chi connectivity index (χ0) is 9.68. The Kier molecular flexibility index (Phi) is 3.08. The molecule has 0 aliphatic rings. The van der Waals surface area contributed by atoms with Crippen LogP contribution in [0.2, 0.25) is 0 Å². The van der Waals surface area contributed by atoms with Crippen molar-refractivity contribution in [1.82, 2.24) is 9.97 Å². The molecule has 1 aromatic heterocycles. The van der Waals surface area contributed by atoms with E-state index in [1.165, 1.54) is 25.5 Å². The van der Waals surface area contributed by atoms with E-state index in [0.29, 0.717) is 5.71 Å². The second-order valence-corrected chi connectivity index (χ2v) is 2.37. The summed E-state index contributed by atoms with van der Waals surface area (Å²) in [6.07, 6.45) is 4.42. The van der Waals surface area contributed by atoms with Crippen molar-refractivity contribution in [2.75, 3.05) is 0 Å². The van der Waals surface area contributed by atoms with E-state index >= 15 is 0 Å². The number of nitrogens with zero attached hydrogens (tertiary/aromatic N) is 3. The number of carbonyl (C=O) groups is 1. The predicted molar refractivity (Wildman–Crippen MR) is 46.5 cm³/mol. The van der Waals surface area contributed by atoms with E-state index in [2.05, 4.69) is 15.1 Å². The van der Waals surface area contributed by atoms with Crippen LogP contribution in [0.15, 0.2) is 23.7 Å². The van der Waals surface area contributed by atoms with E-state index in [0.717, 1.165) is 0 Å². The van der Waals surface area contributed by atoms with Crippen LogP contribution >= 0.6 is 0 Å². The summed E-state index contributed by atoms with van der Waals surface area (Å²) < 4.78 is 0. The molecule has 0 saturated carbocycles. The third-order valence-corrected chi connectivity index (χ3v) is 1.33. The van der Waals surface area contributed by atoms with Gasteiger partial charge >= 0.3 is 0 Å². The van der Waals surface area contributed by atoms with Gasteiger partial charge in [-0.25, -0.2) is 4.98 Å². The molecule has 5 heteroatoms. The second-order valence-electron chi connectivity index (χ2n) is 2.37. The van der Waals surface area contributed by atoms with Crippen molar-refractivity contribution >= 4 is 11.5 Å². The van der Waals surface area contributed by atoms with Crippen LogP contribution in [0.3, 0.4) is 0 Å². The lowest BCUT2D eigenvalue weighted by Gasteiger charge is -1.96. The van der Waals surface area contributed by atoms with Gasteiger partial charge in [0, 0.05) is 19.3 Å². The van der Waals surface area contributed by atoms with Gasteiger partial charge in [0.05, 0.1) is 6.20 Å². The van der Waals surface area contributed by atoms with Crippen LogP contribution in [0.25, 0.3) is 0 Å². The minimum absolute atomic E-state index is 0.135. The van der Waals surface area contributed by atoms with Gasteiger partial charge in [0.25, 0.3) is 5.88 Å². The van der Waals surface area contributed by atoms with E-state index in [9.17, 15) is 4.79 Å². The summed E-state index contributed by atoms with van der Waals surface area (Å²) in [5, 5.41) is 3.56. The standard InChI is InChI=1S/C8H9N3O2/c1-6(7(2)12)11-13-8-5-9-3-4-10-8/h3-5H,1-2H3. The minimum Gasteiger partial charge on any atom is -0.334 e. The molecule has 1 rings (SSSR count). The molecule has 0 amide bonds. The van der Waals surface area contributed by atoms with Crippen molar-refractivity contribution in [3.8, 4) is 5.88 Å². The average Bonchev–Trinajstić information content (AvgIpc) is 2.15. The van der Waals surface area contributed by atoms with Gasteiger partial charge in [0.15, 0.2) is 5.78 Å². The maximum atomic E-state index is 10.7. The highest BCUT2D eigenvalue weighted by Crippen LogP contribution is 2.00. The topological polar surface area (TPSA) is 64.4 Å². The SMILES string of the molecule is CC(=O)C(C)=NOc1cnccn1. The van der Waals surface area contributed by atoms with Crippen LogP contribution in [-0.4, -0.2) is 21.5 Å². The van der Waals surface area contributed by atoms with Crippen LogP contribution < -0.4 is 4.84 Å². The Bertz CT molecular complexity index is 321. The minimum atomic E-state index is -0.135. The summed E-state index contributed by atoms with van der Waals surface area (Å²) in [4.78, 5) is 23.1. The molecule has 68 valence electrons. The van der Waals surface area contributed by atoms with Crippen molar-refractivity contribution in [1.29, 1.82) is 0 Å². The number of rotatable bonds is 3. The smallest absolute Gasteiger partial charge is 0.267 e. The highest BCUT2D eigenvalue weighted by molar-refractivity contribution is 6.37. The molecule has 13 heavy (non-hydrogen) atoms. The van der Waals surface area contributed by atoms with Crippen LogP contribution in [0, 0.1) is 0 Å². The number of Topliss-reactive ketones (excluding diaryl/α,β-unsaturated/α-hetero) is 1. The Morgan fingerprint density at radius 1 is 1.46 bits per heavy atom. The first-order valence-corrected chi connectivity index (χ1v) is 3.68. The van der Waals surface area contributed by atoms with Crippen LogP contribution in [-0.2, 0) is 4.79 Å². The number of aromatic nitrogens is 2. The molecule has 0 fully saturated rings. The molecule has 0 aromatic carbocycles. The maximum Gasteiger partial charge on any atom is 0.267 e. The van der Waals surface area contributed by atoms with E-state index in [1.807, 2.05) is 0 Å². The van der Waals surface area contributed by atoms with Crippen LogP contribution in [0.5, 0.6) is 5.88 Å². The van der Waals surface area contributed by atoms with E-state index < -0.39 is 0 Å². The fraction of sp³-hybridized carbons (Fsp3) is 0.250. The van der Waals surface area contributed by atoms with Gasteiger partial charge in [-0.05, 0) is 6.92 Å². The van der Waals surface area contributed by atoms with E-state index in [1.54, 1.807) is 6.92 Å². The van der Waals surface area contributed by atoms with Crippen molar-refractivity contribution in [3.05, 3.63) is 18.6 Å². The molecule has 0 bridgehead atoms. The number of ketones is 1. The zero-order valence-electron chi connectivity index (χ0n) is 7.39. The molecule has 0 aliphatic heterocycles. The summed E-state index contributed by atoms with van der Waals surface area (Å²) in [5.74, 6) is 0.131. The Morgan fingerprint density at radius 2 is 2.23 bits per heavy atom. The first kappa shape index (κ1) is 9.31. The predicted octanol–water partition coefficient (Wildman–Crippen LogP) is 0.820. The second kappa shape index (κ2) is 4.30. The molecule has 0 unspecified atom stereocenters. The van der Waals surface area contributed by atoms with Gasteiger partial charge in [0.2, 0.25) is 0 Å². The third kappa shape index (κ3) is 2.98. The van der Waals surface area contributed by atoms with Gasteiger partial charge < -0.3 is 4.84 Å². The lowest BCUT2D eigenvalue weighted by Crippen LogP contribution is -2.06. The maximum absolute atomic E-state index is 10.7. The normalized spacial score (nSPS) is 11.1. The fourth-order valence-electron chi connectivity index (χ4n) is 0.512. The molecule has 1 heterocycles. The largest absolute Gasteiger partial charge is 0.334 e. The van der Waals surface area contributed by atoms with Crippen molar-refractivity contribution in [2.24, 2.45) is 5.16 Å². The van der Waals surface area contributed by atoms with Gasteiger partial charge in [-0.1, -0.05) is 5.16 Å². The van der Waals surface area contributed by atoms with Crippen molar-refractivity contribution < 1.29 is 9.63 Å². The Labute approximate surface area is 75.5 Å². The average molecular weight is 179 g/mol.